The third-order valence-corrected chi connectivity index (χ3v) is 4.70. The van der Waals surface area contributed by atoms with E-state index >= 15 is 0 Å². The topological polar surface area (TPSA) is 38.7 Å². The van der Waals surface area contributed by atoms with E-state index in [9.17, 15) is 5.11 Å². The Morgan fingerprint density at radius 1 is 1.33 bits per heavy atom. The summed E-state index contributed by atoms with van der Waals surface area (Å²) in [5.74, 6) is 3.69. The zero-order valence-electron chi connectivity index (χ0n) is 10.5. The highest BCUT2D eigenvalue weighted by Gasteiger charge is 2.40. The molecule has 0 unspecified atom stereocenters. The molecule has 1 N–H and O–H groups in total. The molecule has 0 bridgehead atoms. The second-order valence-corrected chi connectivity index (χ2v) is 6.24. The molecule has 0 radical (unpaired) electrons. The van der Waals surface area contributed by atoms with Crippen molar-refractivity contribution in [2.75, 3.05) is 18.6 Å². The van der Waals surface area contributed by atoms with Gasteiger partial charge in [-0.3, -0.25) is 0 Å². The first-order valence-electron chi connectivity index (χ1n) is 6.32. The van der Waals surface area contributed by atoms with Crippen LogP contribution >= 0.6 is 11.8 Å². The van der Waals surface area contributed by atoms with E-state index in [0.717, 1.165) is 41.4 Å². The lowest BCUT2D eigenvalue weighted by Crippen LogP contribution is -2.31. The van der Waals surface area contributed by atoms with E-state index in [1.54, 1.807) is 7.11 Å². The van der Waals surface area contributed by atoms with Crippen LogP contribution < -0.4 is 9.47 Å². The minimum absolute atomic E-state index is 0.308. The number of rotatable bonds is 5. The Morgan fingerprint density at radius 3 is 2.67 bits per heavy atom. The van der Waals surface area contributed by atoms with Gasteiger partial charge in [-0.25, -0.2) is 0 Å². The van der Waals surface area contributed by atoms with Crippen LogP contribution in [0.25, 0.3) is 0 Å². The van der Waals surface area contributed by atoms with Gasteiger partial charge in [-0.15, -0.1) is 0 Å². The first-order chi connectivity index (χ1) is 8.68. The van der Waals surface area contributed by atoms with Crippen LogP contribution in [0, 0.1) is 0 Å². The maximum atomic E-state index is 9.96. The number of hydrogen-bond acceptors (Lipinski definition) is 4. The summed E-state index contributed by atoms with van der Waals surface area (Å²) >= 11 is 1.90. The monoisotopic (exact) mass is 266 g/mol. The molecule has 1 aliphatic heterocycles. The number of aliphatic hydroxyl groups is 1. The molecule has 98 valence electrons. The Balaban J connectivity index is 1.76. The summed E-state index contributed by atoms with van der Waals surface area (Å²) in [6, 6.07) is 5.96. The molecular weight excluding hydrogens is 248 g/mol. The Morgan fingerprint density at radius 2 is 2.11 bits per heavy atom. The van der Waals surface area contributed by atoms with Crippen LogP contribution in [-0.2, 0) is 6.42 Å². The van der Waals surface area contributed by atoms with E-state index in [4.69, 9.17) is 9.47 Å². The molecule has 2 aliphatic rings. The number of hydrogen-bond donors (Lipinski definition) is 1. The minimum Gasteiger partial charge on any atom is -0.493 e. The Bertz CT molecular complexity index is 439. The predicted molar refractivity (Wildman–Crippen MR) is 72.6 cm³/mol. The number of benzene rings is 1. The van der Waals surface area contributed by atoms with Gasteiger partial charge in [0.05, 0.1) is 12.7 Å². The SMILES string of the molecule is COc1ccc(CC2(O)CC2)cc1OC1CSC1. The van der Waals surface area contributed by atoms with Crippen molar-refractivity contribution in [3.63, 3.8) is 0 Å². The fourth-order valence-corrected chi connectivity index (χ4v) is 2.65. The first-order valence-corrected chi connectivity index (χ1v) is 7.48. The molecule has 18 heavy (non-hydrogen) atoms. The van der Waals surface area contributed by atoms with Crippen molar-refractivity contribution >= 4 is 11.8 Å². The van der Waals surface area contributed by atoms with Crippen molar-refractivity contribution in [3.05, 3.63) is 23.8 Å². The van der Waals surface area contributed by atoms with Crippen LogP contribution in [0.3, 0.4) is 0 Å². The molecule has 4 heteroatoms. The maximum Gasteiger partial charge on any atom is 0.161 e. The molecule has 0 amide bonds. The van der Waals surface area contributed by atoms with Crippen molar-refractivity contribution in [1.82, 2.24) is 0 Å². The van der Waals surface area contributed by atoms with Gasteiger partial charge < -0.3 is 14.6 Å². The highest BCUT2D eigenvalue weighted by atomic mass is 32.2. The smallest absolute Gasteiger partial charge is 0.161 e. The lowest BCUT2D eigenvalue weighted by molar-refractivity contribution is 0.150. The summed E-state index contributed by atoms with van der Waals surface area (Å²) < 4.78 is 11.2. The van der Waals surface area contributed by atoms with Crippen LogP contribution in [0.2, 0.25) is 0 Å². The standard InChI is InChI=1S/C14H18O3S/c1-16-12-3-2-10(7-14(15)4-5-14)6-13(12)17-11-8-18-9-11/h2-3,6,11,15H,4-5,7-9H2,1H3. The molecule has 0 aromatic heterocycles. The molecule has 1 aromatic carbocycles. The molecule has 1 saturated carbocycles. The summed E-state index contributed by atoms with van der Waals surface area (Å²) in [4.78, 5) is 0. The molecule has 1 heterocycles. The molecule has 2 fully saturated rings. The van der Waals surface area contributed by atoms with Gasteiger partial charge in [-0.2, -0.15) is 11.8 Å². The number of ether oxygens (including phenoxy) is 2. The number of methoxy groups -OCH3 is 1. The molecule has 1 aromatic rings. The molecule has 3 rings (SSSR count). The van der Waals surface area contributed by atoms with Gasteiger partial charge in [0.25, 0.3) is 0 Å². The quantitative estimate of drug-likeness (QED) is 0.887. The van der Waals surface area contributed by atoms with E-state index in [0.29, 0.717) is 12.5 Å². The van der Waals surface area contributed by atoms with Gasteiger partial charge >= 0.3 is 0 Å². The van der Waals surface area contributed by atoms with Crippen LogP contribution in [0.4, 0.5) is 0 Å². The average molecular weight is 266 g/mol. The molecular formula is C14H18O3S. The molecule has 1 aliphatic carbocycles. The summed E-state index contributed by atoms with van der Waals surface area (Å²) in [5.41, 5.74) is 0.663. The molecule has 0 spiro atoms. The van der Waals surface area contributed by atoms with E-state index < -0.39 is 5.60 Å². The molecule has 3 nitrogen and oxygen atoms in total. The normalized spacial score (nSPS) is 21.2. The molecule has 0 atom stereocenters. The second kappa shape index (κ2) is 4.67. The Hall–Kier alpha value is -0.870. The van der Waals surface area contributed by atoms with Crippen molar-refractivity contribution in [2.24, 2.45) is 0 Å². The summed E-state index contributed by atoms with van der Waals surface area (Å²) in [5, 5.41) is 9.96. The lowest BCUT2D eigenvalue weighted by Gasteiger charge is -2.27. The fraction of sp³-hybridized carbons (Fsp3) is 0.571. The third kappa shape index (κ3) is 2.59. The van der Waals surface area contributed by atoms with Crippen molar-refractivity contribution < 1.29 is 14.6 Å². The van der Waals surface area contributed by atoms with E-state index in [1.165, 1.54) is 0 Å². The Labute approximate surface area is 111 Å². The highest BCUT2D eigenvalue weighted by Crippen LogP contribution is 2.40. The maximum absolute atomic E-state index is 9.96. The largest absolute Gasteiger partial charge is 0.493 e. The van der Waals surface area contributed by atoms with Gasteiger partial charge in [-0.05, 0) is 30.5 Å². The summed E-state index contributed by atoms with van der Waals surface area (Å²) in [6.07, 6.45) is 2.85. The lowest BCUT2D eigenvalue weighted by atomic mass is 10.1. The summed E-state index contributed by atoms with van der Waals surface area (Å²) in [7, 11) is 1.66. The average Bonchev–Trinajstić information content (AvgIpc) is 3.02. The molecule has 1 saturated heterocycles. The highest BCUT2D eigenvalue weighted by molar-refractivity contribution is 8.00. The second-order valence-electron chi connectivity index (χ2n) is 5.16. The van der Waals surface area contributed by atoms with E-state index in [1.807, 2.05) is 30.0 Å². The van der Waals surface area contributed by atoms with E-state index in [-0.39, 0.29) is 0 Å². The zero-order chi connectivity index (χ0) is 12.6. The fourth-order valence-electron chi connectivity index (χ4n) is 2.09. The van der Waals surface area contributed by atoms with Crippen molar-refractivity contribution in [3.8, 4) is 11.5 Å². The predicted octanol–water partition coefficient (Wildman–Crippen LogP) is 2.26. The van der Waals surface area contributed by atoms with Crippen LogP contribution in [-0.4, -0.2) is 35.4 Å². The van der Waals surface area contributed by atoms with Gasteiger partial charge in [0, 0.05) is 17.9 Å². The zero-order valence-corrected chi connectivity index (χ0v) is 11.3. The van der Waals surface area contributed by atoms with Crippen molar-refractivity contribution in [1.29, 1.82) is 0 Å². The van der Waals surface area contributed by atoms with Gasteiger partial charge in [-0.1, -0.05) is 6.07 Å². The summed E-state index contributed by atoms with van der Waals surface area (Å²) in [6.45, 7) is 0. The van der Waals surface area contributed by atoms with Crippen LogP contribution in [0.5, 0.6) is 11.5 Å². The number of thioether (sulfide) groups is 1. The Kier molecular flexibility index (Phi) is 3.16. The van der Waals surface area contributed by atoms with Gasteiger partial charge in [0.15, 0.2) is 11.5 Å². The van der Waals surface area contributed by atoms with Crippen LogP contribution in [0.1, 0.15) is 18.4 Å². The minimum atomic E-state index is -0.460. The van der Waals surface area contributed by atoms with Crippen LogP contribution in [0.15, 0.2) is 18.2 Å². The van der Waals surface area contributed by atoms with Crippen molar-refractivity contribution in [2.45, 2.75) is 31.0 Å². The van der Waals surface area contributed by atoms with Gasteiger partial charge in [0.1, 0.15) is 6.10 Å². The van der Waals surface area contributed by atoms with E-state index in [2.05, 4.69) is 0 Å². The van der Waals surface area contributed by atoms with Gasteiger partial charge in [0.2, 0.25) is 0 Å². The first kappa shape index (κ1) is 12.2. The third-order valence-electron chi connectivity index (χ3n) is 3.49.